The molecule has 0 saturated carbocycles. The molecule has 0 atom stereocenters. The summed E-state index contributed by atoms with van der Waals surface area (Å²) in [6.45, 7) is 3.30. The molecule has 0 aliphatic carbocycles. The van der Waals surface area contributed by atoms with E-state index in [0.29, 0.717) is 44.6 Å². The lowest BCUT2D eigenvalue weighted by Crippen LogP contribution is -2.31. The van der Waals surface area contributed by atoms with Gasteiger partial charge in [-0.05, 0) is 43.5 Å². The van der Waals surface area contributed by atoms with Crippen molar-refractivity contribution in [1.29, 1.82) is 0 Å². The zero-order valence-electron chi connectivity index (χ0n) is 15.7. The van der Waals surface area contributed by atoms with Gasteiger partial charge in [-0.25, -0.2) is 9.82 Å². The van der Waals surface area contributed by atoms with Crippen LogP contribution in [0.3, 0.4) is 0 Å². The van der Waals surface area contributed by atoms with Crippen LogP contribution in [0.15, 0.2) is 30.5 Å². The molecule has 7 nitrogen and oxygen atoms in total. The quantitative estimate of drug-likeness (QED) is 0.545. The fourth-order valence-electron chi connectivity index (χ4n) is 3.14. The number of hydrogen-bond donors (Lipinski definition) is 3. The van der Waals surface area contributed by atoms with Gasteiger partial charge in [0.2, 0.25) is 0 Å². The summed E-state index contributed by atoms with van der Waals surface area (Å²) in [6, 6.07) is 7.30. The normalized spacial score (nSPS) is 14.5. The van der Waals surface area contributed by atoms with Gasteiger partial charge in [0, 0.05) is 19.2 Å². The predicted molar refractivity (Wildman–Crippen MR) is 112 cm³/mol. The topological polar surface area (TPSA) is 78.3 Å². The second kappa shape index (κ2) is 9.91. The second-order valence-corrected chi connectivity index (χ2v) is 7.45. The standard InChI is InChI=1S/C19H24Cl2N5O2/c1-28-26(27)17-12-25-18(24-11-14-3-2-4-15(20)19(14)21)9-16(17)23-10-13-5-7-22-8-6-13/h2-4,9,12-13,22H,5-8,10-11H2,1H3,(H2,23,24,25)/q+1. The number of aromatic nitrogens is 1. The van der Waals surface area contributed by atoms with Crippen LogP contribution >= 0.6 is 23.2 Å². The Bertz CT molecular complexity index is 828. The Labute approximate surface area is 174 Å². The first-order valence-corrected chi connectivity index (χ1v) is 9.97. The average molecular weight is 425 g/mol. The van der Waals surface area contributed by atoms with Crippen LogP contribution in [0.1, 0.15) is 18.4 Å². The number of halogens is 2. The van der Waals surface area contributed by atoms with Crippen LogP contribution < -0.4 is 16.0 Å². The lowest BCUT2D eigenvalue weighted by Gasteiger charge is -2.23. The van der Waals surface area contributed by atoms with Crippen molar-refractivity contribution >= 4 is 40.4 Å². The SMILES string of the molecule is CO[N+](=O)c1cnc(NCc2cccc(Cl)c2Cl)cc1NCC1CCNCC1. The maximum Gasteiger partial charge on any atom is 0.357 e. The number of hydrogen-bond acceptors (Lipinski definition) is 6. The van der Waals surface area contributed by atoms with Crippen LogP contribution in [0.5, 0.6) is 0 Å². The van der Waals surface area contributed by atoms with Crippen molar-refractivity contribution in [2.75, 3.05) is 37.4 Å². The average Bonchev–Trinajstić information content (AvgIpc) is 2.73. The Morgan fingerprint density at radius 1 is 1.29 bits per heavy atom. The molecule has 1 saturated heterocycles. The van der Waals surface area contributed by atoms with Crippen molar-refractivity contribution in [3.63, 3.8) is 0 Å². The third kappa shape index (κ3) is 5.25. The van der Waals surface area contributed by atoms with E-state index in [2.05, 4.69) is 20.9 Å². The first-order chi connectivity index (χ1) is 13.6. The largest absolute Gasteiger partial charge is 0.379 e. The summed E-state index contributed by atoms with van der Waals surface area (Å²) in [5.41, 5.74) is 1.87. The van der Waals surface area contributed by atoms with Gasteiger partial charge in [0.1, 0.15) is 17.7 Å². The number of nitrogens with one attached hydrogen (secondary N) is 3. The molecule has 0 bridgehead atoms. The molecule has 28 heavy (non-hydrogen) atoms. The molecule has 3 rings (SSSR count). The highest BCUT2D eigenvalue weighted by Crippen LogP contribution is 2.29. The minimum absolute atomic E-state index is 0.336. The smallest absolute Gasteiger partial charge is 0.357 e. The van der Waals surface area contributed by atoms with Gasteiger partial charge in [-0.1, -0.05) is 35.3 Å². The highest BCUT2D eigenvalue weighted by molar-refractivity contribution is 6.42. The zero-order chi connectivity index (χ0) is 19.9. The number of benzene rings is 1. The van der Waals surface area contributed by atoms with Gasteiger partial charge in [-0.15, -0.1) is 0 Å². The van der Waals surface area contributed by atoms with E-state index in [1.807, 2.05) is 12.1 Å². The van der Waals surface area contributed by atoms with E-state index in [1.54, 1.807) is 12.1 Å². The van der Waals surface area contributed by atoms with Crippen LogP contribution in [-0.2, 0) is 11.4 Å². The van der Waals surface area contributed by atoms with Crippen molar-refractivity contribution in [3.05, 3.63) is 51.0 Å². The number of nitrogens with zero attached hydrogens (tertiary/aromatic N) is 2. The van der Waals surface area contributed by atoms with Gasteiger partial charge in [0.05, 0.1) is 15.0 Å². The van der Waals surface area contributed by atoms with Crippen molar-refractivity contribution in [1.82, 2.24) is 10.3 Å². The third-order valence-electron chi connectivity index (χ3n) is 4.78. The number of rotatable bonds is 8. The highest BCUT2D eigenvalue weighted by Gasteiger charge is 2.23. The first kappa shape index (κ1) is 20.6. The Kier molecular flexibility index (Phi) is 7.30. The third-order valence-corrected chi connectivity index (χ3v) is 5.63. The lowest BCUT2D eigenvalue weighted by molar-refractivity contribution is -0.736. The minimum atomic E-state index is 0.336. The maximum absolute atomic E-state index is 12.0. The van der Waals surface area contributed by atoms with Crippen LogP contribution in [0.4, 0.5) is 17.2 Å². The fourth-order valence-corrected chi connectivity index (χ4v) is 3.53. The number of piperidine rings is 1. The van der Waals surface area contributed by atoms with E-state index in [4.69, 9.17) is 28.0 Å². The molecule has 1 fully saturated rings. The molecule has 9 heteroatoms. The molecule has 3 N–H and O–H groups in total. The summed E-state index contributed by atoms with van der Waals surface area (Å²) in [5.74, 6) is 1.18. The molecular weight excluding hydrogens is 401 g/mol. The molecular formula is C19H24Cl2N5O2+. The first-order valence-electron chi connectivity index (χ1n) is 9.21. The summed E-state index contributed by atoms with van der Waals surface area (Å²) >= 11 is 12.3. The Balaban J connectivity index is 1.72. The van der Waals surface area contributed by atoms with Crippen molar-refractivity contribution in [2.24, 2.45) is 5.92 Å². The second-order valence-electron chi connectivity index (χ2n) is 6.67. The molecule has 2 aromatic rings. The van der Waals surface area contributed by atoms with Crippen LogP contribution in [0.2, 0.25) is 10.0 Å². The zero-order valence-corrected chi connectivity index (χ0v) is 17.2. The lowest BCUT2D eigenvalue weighted by atomic mass is 9.98. The molecule has 150 valence electrons. The van der Waals surface area contributed by atoms with Gasteiger partial charge in [0.15, 0.2) is 7.11 Å². The fraction of sp³-hybridized carbons (Fsp3) is 0.421. The molecule has 0 spiro atoms. The summed E-state index contributed by atoms with van der Waals surface area (Å²) in [6.07, 6.45) is 3.71. The Hall–Kier alpha value is -2.09. The molecule has 1 aliphatic heterocycles. The van der Waals surface area contributed by atoms with Gasteiger partial charge in [-0.2, -0.15) is 0 Å². The van der Waals surface area contributed by atoms with Crippen molar-refractivity contribution in [2.45, 2.75) is 19.4 Å². The molecule has 0 radical (unpaired) electrons. The Morgan fingerprint density at radius 3 is 2.82 bits per heavy atom. The van der Waals surface area contributed by atoms with E-state index in [0.717, 1.165) is 38.0 Å². The molecule has 1 aromatic heterocycles. The summed E-state index contributed by atoms with van der Waals surface area (Å²) in [5, 5.41) is 11.0. The van der Waals surface area contributed by atoms with Crippen LogP contribution in [0.25, 0.3) is 0 Å². The van der Waals surface area contributed by atoms with Crippen molar-refractivity contribution in [3.8, 4) is 0 Å². The van der Waals surface area contributed by atoms with Gasteiger partial charge >= 0.3 is 5.69 Å². The summed E-state index contributed by atoms with van der Waals surface area (Å²) in [4.78, 5) is 21.6. The molecule has 0 unspecified atom stereocenters. The van der Waals surface area contributed by atoms with Crippen LogP contribution in [-0.4, -0.2) is 36.7 Å². The molecule has 1 aromatic carbocycles. The minimum Gasteiger partial charge on any atom is -0.379 e. The summed E-state index contributed by atoms with van der Waals surface area (Å²) in [7, 11) is 1.33. The van der Waals surface area contributed by atoms with Gasteiger partial charge in [0.25, 0.3) is 4.92 Å². The van der Waals surface area contributed by atoms with E-state index in [1.165, 1.54) is 13.3 Å². The number of pyridine rings is 1. The Morgan fingerprint density at radius 2 is 2.07 bits per heavy atom. The maximum atomic E-state index is 12.0. The van der Waals surface area contributed by atoms with Gasteiger partial charge in [-0.3, -0.25) is 0 Å². The predicted octanol–water partition coefficient (Wildman–Crippen LogP) is 4.38. The molecule has 0 amide bonds. The molecule has 1 aliphatic rings. The van der Waals surface area contributed by atoms with Crippen LogP contribution in [0, 0.1) is 10.8 Å². The van der Waals surface area contributed by atoms with E-state index >= 15 is 0 Å². The van der Waals surface area contributed by atoms with E-state index < -0.39 is 0 Å². The monoisotopic (exact) mass is 424 g/mol. The van der Waals surface area contributed by atoms with E-state index in [9.17, 15) is 4.91 Å². The van der Waals surface area contributed by atoms with Crippen molar-refractivity contribution < 1.29 is 9.76 Å². The number of anilines is 2. The highest BCUT2D eigenvalue weighted by atomic mass is 35.5. The van der Waals surface area contributed by atoms with Gasteiger partial charge < -0.3 is 16.0 Å². The molecule has 2 heterocycles. The van der Waals surface area contributed by atoms with E-state index in [-0.39, 0.29) is 0 Å². The summed E-state index contributed by atoms with van der Waals surface area (Å²) < 4.78 is 0.